The van der Waals surface area contributed by atoms with Gasteiger partial charge in [-0.05, 0) is 47.5 Å². The van der Waals surface area contributed by atoms with E-state index < -0.39 is 47.8 Å². The van der Waals surface area contributed by atoms with Gasteiger partial charge in [0.2, 0.25) is 5.95 Å². The number of aromatic nitrogens is 4. The summed E-state index contributed by atoms with van der Waals surface area (Å²) in [6.45, 7) is 9.38. The molecule has 4 rings (SSSR count). The number of carbonyl (C=O) groups is 3. The zero-order valence-electron chi connectivity index (χ0n) is 26.1. The molecule has 2 aromatic heterocycles. The minimum atomic E-state index is -0.848. The first-order valence-electron chi connectivity index (χ1n) is 14.6. The van der Waals surface area contributed by atoms with E-state index in [2.05, 4.69) is 5.32 Å². The smallest absolute Gasteiger partial charge is 0.407 e. The Morgan fingerprint density at radius 2 is 1.75 bits per heavy atom. The summed E-state index contributed by atoms with van der Waals surface area (Å²) in [5, 5.41) is 2.92. The molecule has 1 atom stereocenters. The highest BCUT2D eigenvalue weighted by molar-refractivity contribution is 5.96. The van der Waals surface area contributed by atoms with Gasteiger partial charge in [0.25, 0.3) is 5.56 Å². The lowest BCUT2D eigenvalue weighted by Crippen LogP contribution is -2.49. The monoisotopic (exact) mass is 608 g/mol. The quantitative estimate of drug-likeness (QED) is 0.220. The van der Waals surface area contributed by atoms with Crippen LogP contribution in [0, 0.1) is 0 Å². The van der Waals surface area contributed by atoms with Crippen molar-refractivity contribution < 1.29 is 23.9 Å². The zero-order valence-corrected chi connectivity index (χ0v) is 26.1. The molecule has 44 heavy (non-hydrogen) atoms. The number of methoxy groups -OCH3 is 1. The molecule has 1 amide bonds. The summed E-state index contributed by atoms with van der Waals surface area (Å²) < 4.78 is 13.9. The van der Waals surface area contributed by atoms with Crippen LogP contribution in [0.25, 0.3) is 11.2 Å². The van der Waals surface area contributed by atoms with Crippen LogP contribution < -0.4 is 21.5 Å². The molecule has 0 radical (unpaired) electrons. The lowest BCUT2D eigenvalue weighted by atomic mass is 10.1. The van der Waals surface area contributed by atoms with Crippen LogP contribution in [0.15, 0.2) is 51.6 Å². The Labute approximate surface area is 255 Å². The number of carbonyl (C=O) groups excluding carboxylic acids is 3. The predicted octanol–water partition coefficient (Wildman–Crippen LogP) is 2.88. The van der Waals surface area contributed by atoms with Gasteiger partial charge < -0.3 is 24.3 Å². The number of nitrogens with one attached hydrogen (secondary N) is 1. The maximum absolute atomic E-state index is 14.0. The molecule has 1 N–H and O–H groups in total. The highest BCUT2D eigenvalue weighted by Crippen LogP contribution is 2.24. The fraction of sp³-hybridized carbons (Fsp3) is 0.484. The number of ether oxygens (including phenoxy) is 2. The van der Waals surface area contributed by atoms with Gasteiger partial charge in [-0.25, -0.2) is 9.59 Å². The van der Waals surface area contributed by atoms with Crippen LogP contribution in [-0.4, -0.2) is 68.4 Å². The van der Waals surface area contributed by atoms with E-state index in [4.69, 9.17) is 14.5 Å². The van der Waals surface area contributed by atoms with Gasteiger partial charge in [0.15, 0.2) is 16.9 Å². The largest absolute Gasteiger partial charge is 0.468 e. The number of ketones is 1. The van der Waals surface area contributed by atoms with E-state index in [1.54, 1.807) is 55.7 Å². The minimum Gasteiger partial charge on any atom is -0.468 e. The average molecular weight is 609 g/mol. The molecule has 1 aliphatic rings. The molecule has 236 valence electrons. The van der Waals surface area contributed by atoms with Crippen LogP contribution in [-0.2, 0) is 33.9 Å². The lowest BCUT2D eigenvalue weighted by molar-refractivity contribution is -0.141. The number of amides is 1. The third-order valence-electron chi connectivity index (χ3n) is 7.11. The summed E-state index contributed by atoms with van der Waals surface area (Å²) in [6.07, 6.45) is 2.82. The van der Waals surface area contributed by atoms with Gasteiger partial charge >= 0.3 is 17.8 Å². The van der Waals surface area contributed by atoms with E-state index in [0.29, 0.717) is 31.0 Å². The van der Waals surface area contributed by atoms with Crippen molar-refractivity contribution >= 4 is 35.0 Å². The first-order chi connectivity index (χ1) is 20.8. The number of hydrogen-bond donors (Lipinski definition) is 1. The molecule has 1 unspecified atom stereocenters. The molecule has 1 saturated heterocycles. The summed E-state index contributed by atoms with van der Waals surface area (Å²) in [4.78, 5) is 72.5. The number of rotatable bonds is 9. The van der Waals surface area contributed by atoms with Crippen LogP contribution in [0.1, 0.15) is 57.8 Å². The number of imidazole rings is 1. The Kier molecular flexibility index (Phi) is 9.75. The molecule has 0 aliphatic carbocycles. The van der Waals surface area contributed by atoms with Gasteiger partial charge in [0, 0.05) is 31.2 Å². The van der Waals surface area contributed by atoms with Crippen LogP contribution in [0.4, 0.5) is 10.7 Å². The maximum Gasteiger partial charge on any atom is 0.407 e. The van der Waals surface area contributed by atoms with E-state index in [0.717, 1.165) is 21.1 Å². The molecule has 1 fully saturated rings. The van der Waals surface area contributed by atoms with Crippen LogP contribution in [0.3, 0.4) is 0 Å². The van der Waals surface area contributed by atoms with Gasteiger partial charge in [-0.3, -0.25) is 23.5 Å². The summed E-state index contributed by atoms with van der Waals surface area (Å²) in [5.41, 5.74) is -0.785. The van der Waals surface area contributed by atoms with Crippen molar-refractivity contribution in [1.29, 1.82) is 0 Å². The summed E-state index contributed by atoms with van der Waals surface area (Å²) in [7, 11) is 1.20. The minimum absolute atomic E-state index is 0.00758. The second kappa shape index (κ2) is 13.3. The SMILES string of the molecule is COC(=O)Cn1c(=O)n(CC(=O)c2ccccc2)c(=O)c2c1nc(N1CCCC(NC(=O)OC(C)(C)C)C1)n2CC=C(C)C. The standard InChI is InChI=1S/C31H40N6O7/c1-20(2)14-16-35-25-26(33-28(35)34-15-10-13-22(17-34)32-29(41)44-31(3,4)5)36(19-24(39)43-6)30(42)37(27(25)40)18-23(38)21-11-8-7-9-12-21/h7-9,11-12,14,22H,10,13,15-19H2,1-6H3,(H,32,41). The van der Waals surface area contributed by atoms with Gasteiger partial charge in [0.1, 0.15) is 12.1 Å². The molecule has 3 heterocycles. The zero-order chi connectivity index (χ0) is 32.2. The van der Waals surface area contributed by atoms with Crippen molar-refractivity contribution in [2.24, 2.45) is 0 Å². The Bertz CT molecular complexity index is 1690. The topological polar surface area (TPSA) is 147 Å². The number of allylic oxidation sites excluding steroid dienone is 2. The molecule has 0 bridgehead atoms. The summed E-state index contributed by atoms with van der Waals surface area (Å²) in [6, 6.07) is 8.10. The lowest BCUT2D eigenvalue weighted by Gasteiger charge is -2.34. The molecule has 0 saturated carbocycles. The summed E-state index contributed by atoms with van der Waals surface area (Å²) >= 11 is 0. The average Bonchev–Trinajstić information content (AvgIpc) is 3.35. The Balaban J connectivity index is 1.85. The van der Waals surface area contributed by atoms with Crippen molar-refractivity contribution in [3.8, 4) is 0 Å². The van der Waals surface area contributed by atoms with Gasteiger partial charge in [-0.15, -0.1) is 0 Å². The number of nitrogens with zero attached hydrogens (tertiary/aromatic N) is 5. The van der Waals surface area contributed by atoms with E-state index in [1.165, 1.54) is 7.11 Å². The number of hydrogen-bond acceptors (Lipinski definition) is 9. The van der Waals surface area contributed by atoms with Crippen LogP contribution in [0.5, 0.6) is 0 Å². The van der Waals surface area contributed by atoms with E-state index in [9.17, 15) is 24.0 Å². The van der Waals surface area contributed by atoms with E-state index in [1.807, 2.05) is 24.8 Å². The molecule has 0 spiro atoms. The van der Waals surface area contributed by atoms with Crippen LogP contribution >= 0.6 is 0 Å². The molecule has 3 aromatic rings. The first kappa shape index (κ1) is 32.2. The Morgan fingerprint density at radius 3 is 2.39 bits per heavy atom. The fourth-order valence-electron chi connectivity index (χ4n) is 5.05. The Hall–Kier alpha value is -4.68. The number of piperidine rings is 1. The number of alkyl carbamates (subject to hydrolysis) is 1. The number of Topliss-reactive ketones (excluding diaryl/α,β-unsaturated/α-hetero) is 1. The van der Waals surface area contributed by atoms with E-state index >= 15 is 0 Å². The summed E-state index contributed by atoms with van der Waals surface area (Å²) in [5.74, 6) is -0.750. The highest BCUT2D eigenvalue weighted by Gasteiger charge is 2.30. The predicted molar refractivity (Wildman–Crippen MR) is 165 cm³/mol. The molecular formula is C31H40N6O7. The van der Waals surface area contributed by atoms with Gasteiger partial charge in [-0.2, -0.15) is 4.98 Å². The van der Waals surface area contributed by atoms with Crippen molar-refractivity contribution in [3.05, 3.63) is 68.4 Å². The third kappa shape index (κ3) is 7.44. The van der Waals surface area contributed by atoms with Crippen molar-refractivity contribution in [2.45, 2.75) is 78.7 Å². The second-order valence-corrected chi connectivity index (χ2v) is 12.0. The first-order valence-corrected chi connectivity index (χ1v) is 14.6. The van der Waals surface area contributed by atoms with Gasteiger partial charge in [-0.1, -0.05) is 42.0 Å². The Morgan fingerprint density at radius 1 is 1.05 bits per heavy atom. The number of esters is 1. The number of anilines is 1. The second-order valence-electron chi connectivity index (χ2n) is 12.0. The number of fused-ring (bicyclic) bond motifs is 1. The maximum atomic E-state index is 14.0. The fourth-order valence-corrected chi connectivity index (χ4v) is 5.05. The van der Waals surface area contributed by atoms with Crippen molar-refractivity contribution in [1.82, 2.24) is 24.0 Å². The highest BCUT2D eigenvalue weighted by atomic mass is 16.6. The molecular weight excluding hydrogens is 568 g/mol. The van der Waals surface area contributed by atoms with E-state index in [-0.39, 0.29) is 23.8 Å². The van der Waals surface area contributed by atoms with Gasteiger partial charge in [0.05, 0.1) is 13.7 Å². The van der Waals surface area contributed by atoms with Crippen LogP contribution in [0.2, 0.25) is 0 Å². The third-order valence-corrected chi connectivity index (χ3v) is 7.11. The molecule has 1 aromatic carbocycles. The molecule has 13 heteroatoms. The van der Waals surface area contributed by atoms with Crippen molar-refractivity contribution in [2.75, 3.05) is 25.1 Å². The normalized spacial score (nSPS) is 15.1. The molecule has 13 nitrogen and oxygen atoms in total. The number of benzene rings is 1. The molecule has 1 aliphatic heterocycles. The van der Waals surface area contributed by atoms with Crippen molar-refractivity contribution in [3.63, 3.8) is 0 Å².